The Morgan fingerprint density at radius 3 is 2.61 bits per heavy atom. The van der Waals surface area contributed by atoms with Crippen molar-refractivity contribution in [1.82, 2.24) is 9.80 Å². The van der Waals surface area contributed by atoms with E-state index in [0.29, 0.717) is 6.04 Å². The van der Waals surface area contributed by atoms with Gasteiger partial charge in [-0.1, -0.05) is 22.9 Å². The average molecular weight is 312 g/mol. The Hall–Kier alpha value is -0.580. The molecule has 100 valence electrons. The van der Waals surface area contributed by atoms with Crippen LogP contribution >= 0.6 is 15.9 Å². The molecule has 0 radical (unpaired) electrons. The van der Waals surface area contributed by atoms with E-state index in [1.54, 1.807) is 0 Å². The van der Waals surface area contributed by atoms with E-state index in [1.165, 1.54) is 5.56 Å². The number of nitrogens with two attached hydrogens (primary N) is 1. The third kappa shape index (κ3) is 3.25. The molecular formula is C14H22BrN3. The fourth-order valence-corrected chi connectivity index (χ4v) is 3.43. The van der Waals surface area contributed by atoms with Crippen molar-refractivity contribution in [3.63, 3.8) is 0 Å². The van der Waals surface area contributed by atoms with E-state index < -0.39 is 0 Å². The summed E-state index contributed by atoms with van der Waals surface area (Å²) >= 11 is 3.50. The summed E-state index contributed by atoms with van der Waals surface area (Å²) in [6.45, 7) is 5.62. The van der Waals surface area contributed by atoms with Gasteiger partial charge in [0, 0.05) is 35.8 Å². The molecule has 2 N–H and O–H groups in total. The van der Waals surface area contributed by atoms with Gasteiger partial charge in [0.2, 0.25) is 0 Å². The number of nitrogens with zero attached hydrogens (tertiary/aromatic N) is 2. The van der Waals surface area contributed by atoms with Gasteiger partial charge in [-0.15, -0.1) is 0 Å². The SMILES string of the molecule is CC1CN(Cc2cc(N)cc(Br)c2)CC1N(C)C. The summed E-state index contributed by atoms with van der Waals surface area (Å²) < 4.78 is 1.06. The molecule has 1 aromatic carbocycles. The largest absolute Gasteiger partial charge is 0.399 e. The van der Waals surface area contributed by atoms with E-state index in [1.807, 2.05) is 6.07 Å². The minimum atomic E-state index is 0.662. The summed E-state index contributed by atoms with van der Waals surface area (Å²) in [6, 6.07) is 6.83. The van der Waals surface area contributed by atoms with Crippen molar-refractivity contribution in [2.45, 2.75) is 19.5 Å². The predicted molar refractivity (Wildman–Crippen MR) is 80.5 cm³/mol. The summed E-state index contributed by atoms with van der Waals surface area (Å²) in [6.07, 6.45) is 0. The molecule has 1 aliphatic rings. The summed E-state index contributed by atoms with van der Waals surface area (Å²) in [5.74, 6) is 0.726. The van der Waals surface area contributed by atoms with Crippen molar-refractivity contribution in [2.24, 2.45) is 5.92 Å². The summed E-state index contributed by atoms with van der Waals surface area (Å²) in [5.41, 5.74) is 7.99. The first-order chi connectivity index (χ1) is 8.45. The van der Waals surface area contributed by atoms with Crippen LogP contribution in [-0.4, -0.2) is 43.0 Å². The minimum Gasteiger partial charge on any atom is -0.399 e. The Bertz CT molecular complexity index is 399. The first-order valence-electron chi connectivity index (χ1n) is 6.39. The number of hydrogen-bond acceptors (Lipinski definition) is 3. The number of halogens is 1. The third-order valence-electron chi connectivity index (χ3n) is 3.70. The lowest BCUT2D eigenvalue weighted by atomic mass is 10.1. The number of likely N-dealkylation sites (N-methyl/N-ethyl adjacent to an activating group) is 1. The molecule has 1 fully saturated rings. The first-order valence-corrected chi connectivity index (χ1v) is 7.18. The van der Waals surface area contributed by atoms with E-state index >= 15 is 0 Å². The van der Waals surface area contributed by atoms with Crippen LogP contribution in [0.1, 0.15) is 12.5 Å². The Labute approximate surface area is 118 Å². The Morgan fingerprint density at radius 1 is 1.33 bits per heavy atom. The zero-order valence-corrected chi connectivity index (χ0v) is 12.9. The van der Waals surface area contributed by atoms with Gasteiger partial charge in [-0.05, 0) is 43.8 Å². The van der Waals surface area contributed by atoms with Crippen molar-refractivity contribution >= 4 is 21.6 Å². The zero-order valence-electron chi connectivity index (χ0n) is 11.4. The number of anilines is 1. The Morgan fingerprint density at radius 2 is 2.06 bits per heavy atom. The summed E-state index contributed by atoms with van der Waals surface area (Å²) in [7, 11) is 4.34. The predicted octanol–water partition coefficient (Wildman–Crippen LogP) is 2.41. The van der Waals surface area contributed by atoms with E-state index in [4.69, 9.17) is 5.73 Å². The third-order valence-corrected chi connectivity index (χ3v) is 4.16. The van der Waals surface area contributed by atoms with E-state index in [-0.39, 0.29) is 0 Å². The standard InChI is InChI=1S/C14H22BrN3/c1-10-7-18(9-14(10)17(2)3)8-11-4-12(15)6-13(16)5-11/h4-6,10,14H,7-9,16H2,1-3H3. The van der Waals surface area contributed by atoms with Gasteiger partial charge in [-0.2, -0.15) is 0 Å². The molecule has 1 aliphatic heterocycles. The normalized spacial score (nSPS) is 24.9. The van der Waals surface area contributed by atoms with Crippen molar-refractivity contribution in [2.75, 3.05) is 32.9 Å². The highest BCUT2D eigenvalue weighted by Crippen LogP contribution is 2.24. The second-order valence-electron chi connectivity index (χ2n) is 5.60. The van der Waals surface area contributed by atoms with Gasteiger partial charge < -0.3 is 10.6 Å². The summed E-state index contributed by atoms with van der Waals surface area (Å²) in [5, 5.41) is 0. The van der Waals surface area contributed by atoms with Crippen LogP contribution in [0.25, 0.3) is 0 Å². The highest BCUT2D eigenvalue weighted by Gasteiger charge is 2.30. The zero-order chi connectivity index (χ0) is 13.3. The molecule has 2 atom stereocenters. The van der Waals surface area contributed by atoms with Crippen LogP contribution in [-0.2, 0) is 6.54 Å². The number of rotatable bonds is 3. The molecule has 2 rings (SSSR count). The van der Waals surface area contributed by atoms with Crippen LogP contribution in [0.5, 0.6) is 0 Å². The van der Waals surface area contributed by atoms with Crippen LogP contribution in [0.2, 0.25) is 0 Å². The molecular weight excluding hydrogens is 290 g/mol. The van der Waals surface area contributed by atoms with E-state index in [0.717, 1.165) is 35.7 Å². The summed E-state index contributed by atoms with van der Waals surface area (Å²) in [4.78, 5) is 4.84. The van der Waals surface area contributed by atoms with Gasteiger partial charge in [0.1, 0.15) is 0 Å². The molecule has 1 aromatic rings. The maximum absolute atomic E-state index is 5.88. The molecule has 2 unspecified atom stereocenters. The molecule has 0 amide bonds. The fraction of sp³-hybridized carbons (Fsp3) is 0.571. The van der Waals surface area contributed by atoms with Crippen LogP contribution in [0.15, 0.2) is 22.7 Å². The molecule has 1 heterocycles. The second-order valence-corrected chi connectivity index (χ2v) is 6.51. The average Bonchev–Trinajstić information content (AvgIpc) is 2.57. The van der Waals surface area contributed by atoms with Crippen LogP contribution in [0, 0.1) is 5.92 Å². The van der Waals surface area contributed by atoms with Crippen LogP contribution in [0.4, 0.5) is 5.69 Å². The van der Waals surface area contributed by atoms with Crippen molar-refractivity contribution < 1.29 is 0 Å². The minimum absolute atomic E-state index is 0.662. The lowest BCUT2D eigenvalue weighted by molar-refractivity contribution is 0.250. The van der Waals surface area contributed by atoms with Crippen molar-refractivity contribution in [3.05, 3.63) is 28.2 Å². The Balaban J connectivity index is 2.02. The molecule has 0 aliphatic carbocycles. The molecule has 1 saturated heterocycles. The highest BCUT2D eigenvalue weighted by molar-refractivity contribution is 9.10. The van der Waals surface area contributed by atoms with Crippen molar-refractivity contribution in [3.8, 4) is 0 Å². The maximum Gasteiger partial charge on any atom is 0.0328 e. The number of hydrogen-bond donors (Lipinski definition) is 1. The van der Waals surface area contributed by atoms with Gasteiger partial charge >= 0.3 is 0 Å². The first kappa shape index (κ1) is 13.8. The lowest BCUT2D eigenvalue weighted by Gasteiger charge is -2.22. The topological polar surface area (TPSA) is 32.5 Å². The number of benzene rings is 1. The number of likely N-dealkylation sites (tertiary alicyclic amines) is 1. The van der Waals surface area contributed by atoms with Crippen LogP contribution < -0.4 is 5.73 Å². The Kier molecular flexibility index (Phi) is 4.30. The van der Waals surface area contributed by atoms with Gasteiger partial charge in [0.05, 0.1) is 0 Å². The fourth-order valence-electron chi connectivity index (χ4n) is 2.87. The highest BCUT2D eigenvalue weighted by atomic mass is 79.9. The molecule has 0 bridgehead atoms. The molecule has 0 aromatic heterocycles. The monoisotopic (exact) mass is 311 g/mol. The molecule has 4 heteroatoms. The smallest absolute Gasteiger partial charge is 0.0328 e. The maximum atomic E-state index is 5.88. The van der Waals surface area contributed by atoms with E-state index in [9.17, 15) is 0 Å². The molecule has 3 nitrogen and oxygen atoms in total. The lowest BCUT2D eigenvalue weighted by Crippen LogP contribution is -2.34. The quantitative estimate of drug-likeness (QED) is 0.870. The van der Waals surface area contributed by atoms with Gasteiger partial charge in [0.15, 0.2) is 0 Å². The van der Waals surface area contributed by atoms with Crippen LogP contribution in [0.3, 0.4) is 0 Å². The molecule has 0 saturated carbocycles. The van der Waals surface area contributed by atoms with E-state index in [2.05, 4.69) is 58.9 Å². The van der Waals surface area contributed by atoms with Crippen molar-refractivity contribution in [1.29, 1.82) is 0 Å². The molecule has 18 heavy (non-hydrogen) atoms. The number of nitrogen functional groups attached to an aromatic ring is 1. The second kappa shape index (κ2) is 5.59. The van der Waals surface area contributed by atoms with Gasteiger partial charge in [-0.25, -0.2) is 0 Å². The van der Waals surface area contributed by atoms with Gasteiger partial charge in [-0.3, -0.25) is 4.90 Å². The molecule has 0 spiro atoms. The van der Waals surface area contributed by atoms with Gasteiger partial charge in [0.25, 0.3) is 0 Å².